The number of aromatic nitrogens is 1. The van der Waals surface area contributed by atoms with Crippen LogP contribution in [-0.2, 0) is 0 Å². The molecule has 0 radical (unpaired) electrons. The standard InChI is InChI=1S/C20H20N2O3/c1-14-6-5-7-15(12-14)25-11-10-22(2)20(24)17-13-19(23)21-18-9-4-3-8-16(17)18/h3-9,12-13H,10-11H2,1-2H3,(H,21,23). The van der Waals surface area contributed by atoms with Crippen LogP contribution in [0.5, 0.6) is 5.75 Å². The molecule has 5 nitrogen and oxygen atoms in total. The first-order chi connectivity index (χ1) is 12.0. The molecule has 0 spiro atoms. The van der Waals surface area contributed by atoms with E-state index in [2.05, 4.69) is 4.98 Å². The first-order valence-electron chi connectivity index (χ1n) is 8.11. The molecule has 2 aromatic carbocycles. The maximum atomic E-state index is 12.7. The lowest BCUT2D eigenvalue weighted by Gasteiger charge is -2.18. The maximum absolute atomic E-state index is 12.7. The molecular weight excluding hydrogens is 316 g/mol. The average Bonchev–Trinajstić information content (AvgIpc) is 2.60. The molecule has 0 aliphatic rings. The van der Waals surface area contributed by atoms with E-state index in [1.165, 1.54) is 6.07 Å². The summed E-state index contributed by atoms with van der Waals surface area (Å²) in [5.41, 5.74) is 1.89. The van der Waals surface area contributed by atoms with E-state index in [0.29, 0.717) is 24.2 Å². The highest BCUT2D eigenvalue weighted by atomic mass is 16.5. The van der Waals surface area contributed by atoms with Gasteiger partial charge in [0, 0.05) is 24.0 Å². The van der Waals surface area contributed by atoms with Crippen LogP contribution in [0.3, 0.4) is 0 Å². The van der Waals surface area contributed by atoms with E-state index < -0.39 is 0 Å². The predicted molar refractivity (Wildman–Crippen MR) is 98.2 cm³/mol. The summed E-state index contributed by atoms with van der Waals surface area (Å²) in [7, 11) is 1.71. The van der Waals surface area contributed by atoms with E-state index >= 15 is 0 Å². The van der Waals surface area contributed by atoms with Crippen LogP contribution < -0.4 is 10.3 Å². The minimum Gasteiger partial charge on any atom is -0.492 e. The molecule has 0 fully saturated rings. The van der Waals surface area contributed by atoms with Gasteiger partial charge in [0.05, 0.1) is 12.1 Å². The van der Waals surface area contributed by atoms with E-state index in [9.17, 15) is 9.59 Å². The number of fused-ring (bicyclic) bond motifs is 1. The Balaban J connectivity index is 1.71. The number of hydrogen-bond acceptors (Lipinski definition) is 3. The fourth-order valence-corrected chi connectivity index (χ4v) is 2.69. The number of benzene rings is 2. The van der Waals surface area contributed by atoms with Crippen molar-refractivity contribution in [1.82, 2.24) is 9.88 Å². The Morgan fingerprint density at radius 3 is 2.72 bits per heavy atom. The van der Waals surface area contributed by atoms with Gasteiger partial charge in [0.2, 0.25) is 5.56 Å². The van der Waals surface area contributed by atoms with Gasteiger partial charge in [-0.05, 0) is 30.7 Å². The number of likely N-dealkylation sites (N-methyl/N-ethyl adjacent to an activating group) is 1. The van der Waals surface area contributed by atoms with Crippen LogP contribution in [-0.4, -0.2) is 36.0 Å². The Labute approximate surface area is 145 Å². The number of pyridine rings is 1. The molecular formula is C20H20N2O3. The molecule has 0 saturated heterocycles. The van der Waals surface area contributed by atoms with Crippen LogP contribution >= 0.6 is 0 Å². The average molecular weight is 336 g/mol. The molecule has 3 rings (SSSR count). The number of nitrogens with one attached hydrogen (secondary N) is 1. The second-order valence-electron chi connectivity index (χ2n) is 5.98. The number of rotatable bonds is 5. The van der Waals surface area contributed by atoms with Crippen molar-refractivity contribution in [2.45, 2.75) is 6.92 Å². The summed E-state index contributed by atoms with van der Waals surface area (Å²) in [6.45, 7) is 2.81. The summed E-state index contributed by atoms with van der Waals surface area (Å²) in [5, 5.41) is 0.735. The number of carbonyl (C=O) groups is 1. The smallest absolute Gasteiger partial charge is 0.254 e. The van der Waals surface area contributed by atoms with Crippen LogP contribution in [0.4, 0.5) is 0 Å². The van der Waals surface area contributed by atoms with Gasteiger partial charge in [-0.15, -0.1) is 0 Å². The molecule has 3 aromatic rings. The summed E-state index contributed by atoms with van der Waals surface area (Å²) in [5.74, 6) is 0.581. The Bertz CT molecular complexity index is 962. The SMILES string of the molecule is Cc1cccc(OCCN(C)C(=O)c2cc(=O)[nH]c3ccccc23)c1. The highest BCUT2D eigenvalue weighted by molar-refractivity contribution is 6.05. The van der Waals surface area contributed by atoms with Gasteiger partial charge < -0.3 is 14.6 Å². The number of H-pyrrole nitrogens is 1. The van der Waals surface area contributed by atoms with Gasteiger partial charge in [-0.2, -0.15) is 0 Å². The van der Waals surface area contributed by atoms with Crippen molar-refractivity contribution >= 4 is 16.8 Å². The molecule has 0 saturated carbocycles. The number of amides is 1. The molecule has 1 amide bonds. The third-order valence-electron chi connectivity index (χ3n) is 4.01. The molecule has 0 aliphatic heterocycles. The molecule has 0 atom stereocenters. The topological polar surface area (TPSA) is 62.4 Å². The van der Waals surface area contributed by atoms with Gasteiger partial charge in [-0.3, -0.25) is 9.59 Å². The number of ether oxygens (including phenoxy) is 1. The first kappa shape index (κ1) is 16.8. The zero-order valence-corrected chi connectivity index (χ0v) is 14.3. The first-order valence-corrected chi connectivity index (χ1v) is 8.11. The van der Waals surface area contributed by atoms with Crippen molar-refractivity contribution in [3.63, 3.8) is 0 Å². The van der Waals surface area contributed by atoms with E-state index in [4.69, 9.17) is 4.74 Å². The molecule has 128 valence electrons. The normalized spacial score (nSPS) is 10.6. The van der Waals surface area contributed by atoms with Gasteiger partial charge in [-0.25, -0.2) is 0 Å². The Morgan fingerprint density at radius 1 is 1.12 bits per heavy atom. The van der Waals surface area contributed by atoms with Crippen molar-refractivity contribution < 1.29 is 9.53 Å². The third-order valence-corrected chi connectivity index (χ3v) is 4.01. The zero-order valence-electron chi connectivity index (χ0n) is 14.3. The Morgan fingerprint density at radius 2 is 1.92 bits per heavy atom. The molecule has 1 heterocycles. The minimum atomic E-state index is -0.286. The molecule has 0 bridgehead atoms. The molecule has 5 heteroatoms. The van der Waals surface area contributed by atoms with E-state index in [1.807, 2.05) is 49.4 Å². The molecule has 0 aliphatic carbocycles. The molecule has 0 unspecified atom stereocenters. The van der Waals surface area contributed by atoms with Gasteiger partial charge in [0.15, 0.2) is 0 Å². The minimum absolute atomic E-state index is 0.199. The highest BCUT2D eigenvalue weighted by Gasteiger charge is 2.16. The van der Waals surface area contributed by atoms with Crippen molar-refractivity contribution in [2.75, 3.05) is 20.2 Å². The quantitative estimate of drug-likeness (QED) is 0.779. The van der Waals surface area contributed by atoms with Crippen molar-refractivity contribution in [3.8, 4) is 5.75 Å². The van der Waals surface area contributed by atoms with Crippen LogP contribution in [0.1, 0.15) is 15.9 Å². The summed E-state index contributed by atoms with van der Waals surface area (Å²) in [4.78, 5) is 28.8. The predicted octanol–water partition coefficient (Wildman–Crippen LogP) is 2.99. The number of aryl methyl sites for hydroxylation is 1. The van der Waals surface area contributed by atoms with Crippen LogP contribution in [0.15, 0.2) is 59.4 Å². The van der Waals surface area contributed by atoms with E-state index in [0.717, 1.165) is 16.7 Å². The van der Waals surface area contributed by atoms with Crippen LogP contribution in [0.25, 0.3) is 10.9 Å². The maximum Gasteiger partial charge on any atom is 0.254 e. The largest absolute Gasteiger partial charge is 0.492 e. The fourth-order valence-electron chi connectivity index (χ4n) is 2.69. The second-order valence-corrected chi connectivity index (χ2v) is 5.98. The van der Waals surface area contributed by atoms with Gasteiger partial charge in [-0.1, -0.05) is 30.3 Å². The van der Waals surface area contributed by atoms with E-state index in [-0.39, 0.29) is 11.5 Å². The fraction of sp³-hybridized carbons (Fsp3) is 0.200. The monoisotopic (exact) mass is 336 g/mol. The molecule has 1 N–H and O–H groups in total. The lowest BCUT2D eigenvalue weighted by molar-refractivity contribution is 0.0775. The van der Waals surface area contributed by atoms with E-state index in [1.54, 1.807) is 18.0 Å². The third kappa shape index (κ3) is 3.88. The Hall–Kier alpha value is -3.08. The summed E-state index contributed by atoms with van der Waals surface area (Å²) in [6, 6.07) is 16.4. The van der Waals surface area contributed by atoms with Gasteiger partial charge in [0.1, 0.15) is 12.4 Å². The highest BCUT2D eigenvalue weighted by Crippen LogP contribution is 2.16. The number of para-hydroxylation sites is 1. The number of nitrogens with zero attached hydrogens (tertiary/aromatic N) is 1. The number of aromatic amines is 1. The van der Waals surface area contributed by atoms with Crippen molar-refractivity contribution in [2.24, 2.45) is 0 Å². The Kier molecular flexibility index (Phi) is 4.84. The summed E-state index contributed by atoms with van der Waals surface area (Å²) >= 11 is 0. The summed E-state index contributed by atoms with van der Waals surface area (Å²) < 4.78 is 5.69. The van der Waals surface area contributed by atoms with Crippen molar-refractivity contribution in [3.05, 3.63) is 76.1 Å². The second kappa shape index (κ2) is 7.21. The van der Waals surface area contributed by atoms with Crippen molar-refractivity contribution in [1.29, 1.82) is 0 Å². The van der Waals surface area contributed by atoms with Gasteiger partial charge >= 0.3 is 0 Å². The molecule has 1 aromatic heterocycles. The lowest BCUT2D eigenvalue weighted by Crippen LogP contribution is -2.31. The zero-order chi connectivity index (χ0) is 17.8. The van der Waals surface area contributed by atoms with Crippen LogP contribution in [0.2, 0.25) is 0 Å². The molecule has 25 heavy (non-hydrogen) atoms. The summed E-state index contributed by atoms with van der Waals surface area (Å²) in [6.07, 6.45) is 0. The number of hydrogen-bond donors (Lipinski definition) is 1. The number of carbonyl (C=O) groups excluding carboxylic acids is 1. The van der Waals surface area contributed by atoms with Crippen LogP contribution in [0, 0.1) is 6.92 Å². The lowest BCUT2D eigenvalue weighted by atomic mass is 10.1. The van der Waals surface area contributed by atoms with Gasteiger partial charge in [0.25, 0.3) is 5.91 Å².